The Balaban J connectivity index is 1.32. The molecule has 2 amide bonds. The molecule has 0 atom stereocenters. The second-order valence-electron chi connectivity index (χ2n) is 8.71. The van der Waals surface area contributed by atoms with E-state index in [2.05, 4.69) is 10.3 Å². The lowest BCUT2D eigenvalue weighted by molar-refractivity contribution is -0.138. The number of pyridine rings is 1. The van der Waals surface area contributed by atoms with Crippen molar-refractivity contribution in [2.45, 2.75) is 31.9 Å². The van der Waals surface area contributed by atoms with Crippen LogP contribution in [0, 0.1) is 11.7 Å². The van der Waals surface area contributed by atoms with E-state index in [9.17, 15) is 27.2 Å². The van der Waals surface area contributed by atoms with E-state index in [1.807, 2.05) is 4.90 Å². The number of carbonyl (C=O) groups is 2. The van der Waals surface area contributed by atoms with Gasteiger partial charge in [-0.25, -0.2) is 9.37 Å². The van der Waals surface area contributed by atoms with Crippen LogP contribution in [0.5, 0.6) is 0 Å². The minimum atomic E-state index is -4.75. The number of anilines is 1. The fourth-order valence-corrected chi connectivity index (χ4v) is 4.06. The number of halogens is 4. The third-order valence-electron chi connectivity index (χ3n) is 6.19. The van der Waals surface area contributed by atoms with Gasteiger partial charge in [0.2, 0.25) is 0 Å². The molecule has 1 aliphatic heterocycles. The van der Waals surface area contributed by atoms with Crippen molar-refractivity contribution in [1.82, 2.24) is 15.2 Å². The normalized spacial score (nSPS) is 16.5. The maximum atomic E-state index is 13.6. The van der Waals surface area contributed by atoms with Gasteiger partial charge in [0.25, 0.3) is 11.8 Å². The highest BCUT2D eigenvalue weighted by Gasteiger charge is 2.37. The lowest BCUT2D eigenvalue weighted by atomic mass is 10.0. The molecule has 1 aromatic carbocycles. The predicted octanol–water partition coefficient (Wildman–Crippen LogP) is 4.12. The van der Waals surface area contributed by atoms with Gasteiger partial charge in [0, 0.05) is 38.9 Å². The van der Waals surface area contributed by atoms with Gasteiger partial charge >= 0.3 is 6.18 Å². The number of hydrogen-bond acceptors (Lipinski definition) is 4. The summed E-state index contributed by atoms with van der Waals surface area (Å²) >= 11 is 0. The molecular weight excluding hydrogens is 452 g/mol. The van der Waals surface area contributed by atoms with E-state index in [1.54, 1.807) is 12.1 Å². The van der Waals surface area contributed by atoms with Crippen molar-refractivity contribution >= 4 is 17.6 Å². The summed E-state index contributed by atoms with van der Waals surface area (Å²) in [5.41, 5.74) is -1.38. The Morgan fingerprint density at radius 1 is 1.06 bits per heavy atom. The Labute approximate surface area is 194 Å². The molecule has 4 rings (SSSR count). The third kappa shape index (κ3) is 5.84. The first-order valence-corrected chi connectivity index (χ1v) is 11.4. The molecule has 1 aliphatic carbocycles. The molecule has 0 radical (unpaired) electrons. The van der Waals surface area contributed by atoms with Crippen LogP contribution >= 0.6 is 0 Å². The minimum Gasteiger partial charge on any atom is -0.353 e. The lowest BCUT2D eigenvalue weighted by Gasteiger charge is -2.35. The quantitative estimate of drug-likeness (QED) is 0.480. The van der Waals surface area contributed by atoms with Crippen LogP contribution in [0.4, 0.5) is 23.4 Å². The molecule has 1 saturated carbocycles. The Morgan fingerprint density at radius 2 is 1.79 bits per heavy atom. The fraction of sp³-hybridized carbons (Fsp3) is 0.458. The average Bonchev–Trinajstić information content (AvgIpc) is 3.65. The van der Waals surface area contributed by atoms with Crippen molar-refractivity contribution in [3.8, 4) is 0 Å². The molecule has 0 unspecified atom stereocenters. The summed E-state index contributed by atoms with van der Waals surface area (Å²) < 4.78 is 53.4. The first kappa shape index (κ1) is 24.0. The Bertz CT molecular complexity index is 1030. The number of hydrogen-bond donors (Lipinski definition) is 1. The van der Waals surface area contributed by atoms with E-state index in [1.165, 1.54) is 23.9 Å². The molecule has 182 valence electrons. The number of benzene rings is 1. The van der Waals surface area contributed by atoms with Crippen molar-refractivity contribution in [1.29, 1.82) is 0 Å². The van der Waals surface area contributed by atoms with Crippen LogP contribution in [-0.2, 0) is 6.18 Å². The Hall–Kier alpha value is -3.17. The zero-order chi connectivity index (χ0) is 24.3. The van der Waals surface area contributed by atoms with E-state index in [0.29, 0.717) is 49.2 Å². The zero-order valence-corrected chi connectivity index (χ0v) is 18.6. The smallest absolute Gasteiger partial charge is 0.353 e. The Kier molecular flexibility index (Phi) is 7.04. The number of aromatic nitrogens is 1. The SMILES string of the molecule is O=C(NCCCC1CC1)c1ccc(N2CCN(C(=O)c3cc(F)ccc3C(F)(F)F)CC2)nc1. The molecule has 34 heavy (non-hydrogen) atoms. The molecule has 6 nitrogen and oxygen atoms in total. The zero-order valence-electron chi connectivity index (χ0n) is 18.6. The summed E-state index contributed by atoms with van der Waals surface area (Å²) in [7, 11) is 0. The summed E-state index contributed by atoms with van der Waals surface area (Å²) in [5.74, 6) is -0.492. The average molecular weight is 478 g/mol. The summed E-state index contributed by atoms with van der Waals surface area (Å²) in [4.78, 5) is 32.5. The van der Waals surface area contributed by atoms with Gasteiger partial charge in [-0.2, -0.15) is 13.2 Å². The molecule has 1 saturated heterocycles. The van der Waals surface area contributed by atoms with Crippen LogP contribution in [-0.4, -0.2) is 54.4 Å². The summed E-state index contributed by atoms with van der Waals surface area (Å²) in [6.45, 7) is 1.66. The van der Waals surface area contributed by atoms with Crippen molar-refractivity contribution in [2.75, 3.05) is 37.6 Å². The second kappa shape index (κ2) is 9.99. The van der Waals surface area contributed by atoms with Gasteiger partial charge < -0.3 is 15.1 Å². The number of piperazine rings is 1. The summed E-state index contributed by atoms with van der Waals surface area (Å²) in [6, 6.07) is 5.31. The van der Waals surface area contributed by atoms with Gasteiger partial charge in [-0.05, 0) is 49.1 Å². The molecule has 2 aliphatic rings. The first-order valence-electron chi connectivity index (χ1n) is 11.4. The number of alkyl halides is 3. The molecule has 10 heteroatoms. The van der Waals surface area contributed by atoms with E-state index in [-0.39, 0.29) is 19.0 Å². The van der Waals surface area contributed by atoms with Crippen molar-refractivity contribution in [2.24, 2.45) is 5.92 Å². The minimum absolute atomic E-state index is 0.164. The standard InChI is InChI=1S/C24H26F4N4O2/c25-18-6-7-20(24(26,27)28)19(14-18)23(34)32-12-10-31(11-13-32)21-8-5-17(15-30-21)22(33)29-9-1-2-16-3-4-16/h5-8,14-16H,1-4,9-13H2,(H,29,33). The highest BCUT2D eigenvalue weighted by molar-refractivity contribution is 5.96. The van der Waals surface area contributed by atoms with Crippen LogP contribution < -0.4 is 10.2 Å². The number of carbonyl (C=O) groups excluding carboxylic acids is 2. The van der Waals surface area contributed by atoms with Crippen molar-refractivity contribution < 1.29 is 27.2 Å². The topological polar surface area (TPSA) is 65.5 Å². The van der Waals surface area contributed by atoms with Gasteiger partial charge in [-0.1, -0.05) is 12.8 Å². The van der Waals surface area contributed by atoms with Crippen LogP contribution in [0.1, 0.15) is 52.0 Å². The molecule has 1 aromatic heterocycles. The van der Waals surface area contributed by atoms with Crippen LogP contribution in [0.25, 0.3) is 0 Å². The molecule has 2 aromatic rings. The van der Waals surface area contributed by atoms with Gasteiger partial charge in [-0.15, -0.1) is 0 Å². The maximum absolute atomic E-state index is 13.6. The largest absolute Gasteiger partial charge is 0.417 e. The molecule has 0 spiro atoms. The second-order valence-corrected chi connectivity index (χ2v) is 8.71. The first-order chi connectivity index (χ1) is 16.2. The highest BCUT2D eigenvalue weighted by Crippen LogP contribution is 2.34. The summed E-state index contributed by atoms with van der Waals surface area (Å²) in [6.07, 6.45) is 1.43. The van der Waals surface area contributed by atoms with E-state index in [0.717, 1.165) is 18.8 Å². The number of rotatable bonds is 7. The third-order valence-corrected chi connectivity index (χ3v) is 6.19. The van der Waals surface area contributed by atoms with Crippen LogP contribution in [0.3, 0.4) is 0 Å². The van der Waals surface area contributed by atoms with Gasteiger partial charge in [0.1, 0.15) is 11.6 Å². The number of nitrogens with one attached hydrogen (secondary N) is 1. The lowest BCUT2D eigenvalue weighted by Crippen LogP contribution is -2.49. The van der Waals surface area contributed by atoms with Gasteiger partial charge in [0.05, 0.1) is 16.7 Å². The van der Waals surface area contributed by atoms with Gasteiger partial charge in [0.15, 0.2) is 0 Å². The van der Waals surface area contributed by atoms with Crippen LogP contribution in [0.15, 0.2) is 36.5 Å². The van der Waals surface area contributed by atoms with E-state index in [4.69, 9.17) is 0 Å². The molecule has 0 bridgehead atoms. The van der Waals surface area contributed by atoms with E-state index < -0.39 is 29.0 Å². The maximum Gasteiger partial charge on any atom is 0.417 e. The fourth-order valence-electron chi connectivity index (χ4n) is 4.06. The predicted molar refractivity (Wildman–Crippen MR) is 118 cm³/mol. The van der Waals surface area contributed by atoms with Gasteiger partial charge in [-0.3, -0.25) is 9.59 Å². The number of amides is 2. The number of nitrogens with zero attached hydrogens (tertiary/aromatic N) is 3. The molecule has 1 N–H and O–H groups in total. The van der Waals surface area contributed by atoms with Crippen LogP contribution in [0.2, 0.25) is 0 Å². The highest BCUT2D eigenvalue weighted by atomic mass is 19.4. The molecule has 2 heterocycles. The summed E-state index contributed by atoms with van der Waals surface area (Å²) in [5, 5.41) is 2.89. The molecule has 2 fully saturated rings. The van der Waals surface area contributed by atoms with Crippen molar-refractivity contribution in [3.63, 3.8) is 0 Å². The monoisotopic (exact) mass is 478 g/mol. The molecular formula is C24H26F4N4O2. The van der Waals surface area contributed by atoms with E-state index >= 15 is 0 Å². The Morgan fingerprint density at radius 3 is 2.41 bits per heavy atom. The van der Waals surface area contributed by atoms with Crippen molar-refractivity contribution in [3.05, 3.63) is 59.0 Å².